The van der Waals surface area contributed by atoms with E-state index >= 15 is 0 Å². The lowest BCUT2D eigenvalue weighted by Crippen LogP contribution is -2.39. The normalized spacial score (nSPS) is 14.6. The lowest BCUT2D eigenvalue weighted by molar-refractivity contribution is -0.131. The van der Waals surface area contributed by atoms with Gasteiger partial charge in [-0.3, -0.25) is 9.48 Å². The van der Waals surface area contributed by atoms with Gasteiger partial charge in [-0.25, -0.2) is 0 Å². The average molecular weight is 371 g/mol. The van der Waals surface area contributed by atoms with Crippen molar-refractivity contribution in [2.45, 2.75) is 25.2 Å². The number of piperidine rings is 1. The summed E-state index contributed by atoms with van der Waals surface area (Å²) in [6.45, 7) is 1.65. The second-order valence-corrected chi connectivity index (χ2v) is 5.95. The van der Waals surface area contributed by atoms with Crippen molar-refractivity contribution in [1.29, 1.82) is 0 Å². The van der Waals surface area contributed by atoms with Crippen LogP contribution in [-0.4, -0.2) is 33.7 Å². The molecular weight excluding hydrogens is 347 g/mol. The van der Waals surface area contributed by atoms with Gasteiger partial charge in [0.15, 0.2) is 0 Å². The maximum Gasteiger partial charge on any atom is 0.226 e. The molecule has 1 aromatic heterocycles. The number of likely N-dealkylation sites (tertiary alicyclic amines) is 1. The fourth-order valence-electron chi connectivity index (χ4n) is 3.13. The molecule has 0 bridgehead atoms. The van der Waals surface area contributed by atoms with Crippen molar-refractivity contribution >= 4 is 36.4 Å². The van der Waals surface area contributed by atoms with Crippen LogP contribution in [0.3, 0.4) is 0 Å². The van der Waals surface area contributed by atoms with Crippen molar-refractivity contribution in [2.24, 2.45) is 7.05 Å². The van der Waals surface area contributed by atoms with Crippen LogP contribution in [0.25, 0.3) is 0 Å². The van der Waals surface area contributed by atoms with Gasteiger partial charge in [-0.15, -0.1) is 24.8 Å². The summed E-state index contributed by atoms with van der Waals surface area (Å²) >= 11 is 0. The van der Waals surface area contributed by atoms with E-state index in [0.717, 1.165) is 37.2 Å². The van der Waals surface area contributed by atoms with Gasteiger partial charge in [0.05, 0.1) is 6.42 Å². The largest absolute Gasteiger partial charge is 0.399 e. The molecular formula is C17H24Cl2N4O. The molecule has 1 aliphatic heterocycles. The summed E-state index contributed by atoms with van der Waals surface area (Å²) in [6, 6.07) is 9.62. The summed E-state index contributed by atoms with van der Waals surface area (Å²) in [6.07, 6.45) is 4.31. The zero-order valence-electron chi connectivity index (χ0n) is 13.7. The van der Waals surface area contributed by atoms with Gasteiger partial charge >= 0.3 is 0 Å². The van der Waals surface area contributed by atoms with Crippen LogP contribution in [0.5, 0.6) is 0 Å². The number of anilines is 1. The number of halogens is 2. The zero-order valence-corrected chi connectivity index (χ0v) is 15.4. The summed E-state index contributed by atoms with van der Waals surface area (Å²) < 4.78 is 1.94. The minimum absolute atomic E-state index is 0. The van der Waals surface area contributed by atoms with Gasteiger partial charge in [0.25, 0.3) is 0 Å². The van der Waals surface area contributed by atoms with Crippen LogP contribution in [-0.2, 0) is 18.3 Å². The Kier molecular flexibility index (Phi) is 7.58. The summed E-state index contributed by atoms with van der Waals surface area (Å²) in [4.78, 5) is 14.4. The fraction of sp³-hybridized carbons (Fsp3) is 0.412. The highest BCUT2D eigenvalue weighted by atomic mass is 35.5. The SMILES string of the molecule is Cl.Cl.Cn1nccc1C1CCN(C(=O)Cc2ccc(N)cc2)CC1. The highest BCUT2D eigenvalue weighted by Crippen LogP contribution is 2.27. The number of aromatic nitrogens is 2. The summed E-state index contributed by atoms with van der Waals surface area (Å²) in [5.41, 5.74) is 8.69. The fourth-order valence-corrected chi connectivity index (χ4v) is 3.13. The number of amides is 1. The Balaban J connectivity index is 0.00000144. The molecule has 0 saturated carbocycles. The Bertz CT molecular complexity index is 649. The van der Waals surface area contributed by atoms with Crippen molar-refractivity contribution in [3.63, 3.8) is 0 Å². The number of hydrogen-bond acceptors (Lipinski definition) is 3. The van der Waals surface area contributed by atoms with E-state index in [2.05, 4.69) is 11.2 Å². The number of carbonyl (C=O) groups is 1. The van der Waals surface area contributed by atoms with E-state index in [0.29, 0.717) is 12.3 Å². The molecule has 1 amide bonds. The third-order valence-electron chi connectivity index (χ3n) is 4.46. The van der Waals surface area contributed by atoms with Gasteiger partial charge in [-0.1, -0.05) is 12.1 Å². The quantitative estimate of drug-likeness (QED) is 0.844. The molecule has 0 atom stereocenters. The van der Waals surface area contributed by atoms with E-state index in [9.17, 15) is 4.79 Å². The molecule has 24 heavy (non-hydrogen) atoms. The maximum absolute atomic E-state index is 12.4. The first-order chi connectivity index (χ1) is 10.6. The average Bonchev–Trinajstić information content (AvgIpc) is 2.96. The molecule has 3 rings (SSSR count). The van der Waals surface area contributed by atoms with Crippen LogP contribution in [0.1, 0.15) is 30.0 Å². The van der Waals surface area contributed by atoms with E-state index in [-0.39, 0.29) is 30.7 Å². The molecule has 2 aromatic rings. The Morgan fingerprint density at radius 1 is 1.17 bits per heavy atom. The molecule has 0 radical (unpaired) electrons. The second kappa shape index (κ2) is 8.94. The Labute approximate surface area is 155 Å². The van der Waals surface area contributed by atoms with Crippen LogP contribution in [0.4, 0.5) is 5.69 Å². The highest BCUT2D eigenvalue weighted by molar-refractivity contribution is 5.85. The minimum Gasteiger partial charge on any atom is -0.399 e. The van der Waals surface area contributed by atoms with Crippen molar-refractivity contribution in [1.82, 2.24) is 14.7 Å². The molecule has 1 saturated heterocycles. The number of nitrogen functional groups attached to an aromatic ring is 1. The molecule has 0 spiro atoms. The first kappa shape index (κ1) is 20.3. The zero-order chi connectivity index (χ0) is 15.5. The summed E-state index contributed by atoms with van der Waals surface area (Å²) in [5.74, 6) is 0.710. The molecule has 7 heteroatoms. The molecule has 5 nitrogen and oxygen atoms in total. The van der Waals surface area contributed by atoms with E-state index < -0.39 is 0 Å². The third-order valence-corrected chi connectivity index (χ3v) is 4.46. The molecule has 0 unspecified atom stereocenters. The molecule has 1 fully saturated rings. The lowest BCUT2D eigenvalue weighted by atomic mass is 9.93. The monoisotopic (exact) mass is 370 g/mol. The molecule has 132 valence electrons. The van der Waals surface area contributed by atoms with Crippen LogP contribution < -0.4 is 5.73 Å². The number of carbonyl (C=O) groups excluding carboxylic acids is 1. The number of benzene rings is 1. The summed E-state index contributed by atoms with van der Waals surface area (Å²) in [5, 5.41) is 4.23. The Morgan fingerprint density at radius 2 is 1.79 bits per heavy atom. The van der Waals surface area contributed by atoms with Crippen LogP contribution >= 0.6 is 24.8 Å². The van der Waals surface area contributed by atoms with Gasteiger partial charge in [-0.05, 0) is 36.6 Å². The first-order valence-corrected chi connectivity index (χ1v) is 7.73. The topological polar surface area (TPSA) is 64.2 Å². The van der Waals surface area contributed by atoms with E-state index in [1.165, 1.54) is 5.69 Å². The van der Waals surface area contributed by atoms with Crippen molar-refractivity contribution < 1.29 is 4.79 Å². The predicted molar refractivity (Wildman–Crippen MR) is 101 cm³/mol. The maximum atomic E-state index is 12.4. The number of aryl methyl sites for hydroxylation is 1. The first-order valence-electron chi connectivity index (χ1n) is 7.73. The molecule has 1 aromatic carbocycles. The number of nitrogens with two attached hydrogens (primary N) is 1. The van der Waals surface area contributed by atoms with Crippen molar-refractivity contribution in [3.05, 3.63) is 47.8 Å². The molecule has 0 aliphatic carbocycles. The van der Waals surface area contributed by atoms with E-state index in [1.807, 2.05) is 47.1 Å². The van der Waals surface area contributed by atoms with Gasteiger partial charge in [0.1, 0.15) is 0 Å². The van der Waals surface area contributed by atoms with Crippen LogP contribution in [0.15, 0.2) is 36.5 Å². The number of rotatable bonds is 3. The van der Waals surface area contributed by atoms with Gasteiger partial charge in [0.2, 0.25) is 5.91 Å². The third kappa shape index (κ3) is 4.65. The van der Waals surface area contributed by atoms with Crippen LogP contribution in [0.2, 0.25) is 0 Å². The minimum atomic E-state index is 0. The lowest BCUT2D eigenvalue weighted by Gasteiger charge is -2.32. The standard InChI is InChI=1S/C17H22N4O.2ClH/c1-20-16(6-9-19-20)14-7-10-21(11-8-14)17(22)12-13-2-4-15(18)5-3-13;;/h2-6,9,14H,7-8,10-12,18H2,1H3;2*1H. The highest BCUT2D eigenvalue weighted by Gasteiger charge is 2.25. The van der Waals surface area contributed by atoms with Crippen molar-refractivity contribution in [3.8, 4) is 0 Å². The van der Waals surface area contributed by atoms with E-state index in [1.54, 1.807) is 0 Å². The van der Waals surface area contributed by atoms with Crippen molar-refractivity contribution in [2.75, 3.05) is 18.8 Å². The second-order valence-electron chi connectivity index (χ2n) is 5.95. The predicted octanol–water partition coefficient (Wildman–Crippen LogP) is 2.79. The van der Waals surface area contributed by atoms with E-state index in [4.69, 9.17) is 5.73 Å². The number of nitrogens with zero attached hydrogens (tertiary/aromatic N) is 3. The molecule has 2 N–H and O–H groups in total. The van der Waals surface area contributed by atoms with Gasteiger partial charge in [-0.2, -0.15) is 5.10 Å². The Morgan fingerprint density at radius 3 is 2.33 bits per heavy atom. The van der Waals surface area contributed by atoms with Gasteiger partial charge < -0.3 is 10.6 Å². The van der Waals surface area contributed by atoms with Gasteiger partial charge in [0, 0.05) is 43.6 Å². The van der Waals surface area contributed by atoms with Crippen LogP contribution in [0, 0.1) is 0 Å². The molecule has 2 heterocycles. The molecule has 1 aliphatic rings. The smallest absolute Gasteiger partial charge is 0.226 e. The number of hydrogen-bond donors (Lipinski definition) is 1. The summed E-state index contributed by atoms with van der Waals surface area (Å²) in [7, 11) is 1.98. The Hall–Kier alpha value is -1.72.